The number of pyridine rings is 2. The third-order valence-electron chi connectivity index (χ3n) is 3.01. The van der Waals surface area contributed by atoms with E-state index in [-0.39, 0.29) is 0 Å². The van der Waals surface area contributed by atoms with Gasteiger partial charge in [-0.2, -0.15) is 13.2 Å². The van der Waals surface area contributed by atoms with Crippen LogP contribution in [-0.2, 0) is 12.7 Å². The molecular weight excluding hydrogens is 301 g/mol. The van der Waals surface area contributed by atoms with Gasteiger partial charge in [-0.05, 0) is 36.0 Å². The molecule has 21 heavy (non-hydrogen) atoms. The number of fused-ring (bicyclic) bond motifs is 1. The van der Waals surface area contributed by atoms with Crippen LogP contribution in [0.15, 0.2) is 47.1 Å². The van der Waals surface area contributed by atoms with Crippen LogP contribution in [-0.4, -0.2) is 9.55 Å². The standard InChI is InChI=1S/C14H9F3N2OS/c15-14(16,17)12-4-3-9(7-18-12)8-19-5-1-2-11-10(19)6-13(21)20-11/h1-7H,8H2. The van der Waals surface area contributed by atoms with Crippen LogP contribution in [0.4, 0.5) is 13.2 Å². The van der Waals surface area contributed by atoms with Gasteiger partial charge in [-0.15, -0.1) is 0 Å². The molecule has 3 nitrogen and oxygen atoms in total. The zero-order valence-corrected chi connectivity index (χ0v) is 11.4. The number of hydrogen-bond acceptors (Lipinski definition) is 3. The lowest BCUT2D eigenvalue weighted by molar-refractivity contribution is -0.141. The highest BCUT2D eigenvalue weighted by Gasteiger charge is 2.32. The van der Waals surface area contributed by atoms with Crippen LogP contribution < -0.4 is 0 Å². The van der Waals surface area contributed by atoms with E-state index in [9.17, 15) is 13.2 Å². The molecule has 7 heteroatoms. The van der Waals surface area contributed by atoms with Gasteiger partial charge in [0.15, 0.2) is 10.5 Å². The molecule has 1 aromatic heterocycles. The van der Waals surface area contributed by atoms with Gasteiger partial charge in [0.2, 0.25) is 0 Å². The molecule has 0 atom stereocenters. The summed E-state index contributed by atoms with van der Waals surface area (Å²) < 4.78 is 45.0. The SMILES string of the molecule is FC(F)(F)c1ccc(Cn2cccc3oc(=S)cc2-3)cn1. The predicted molar refractivity (Wildman–Crippen MR) is 72.5 cm³/mol. The molecular formula is C14H9F3N2OS. The maximum absolute atomic E-state index is 12.5. The van der Waals surface area contributed by atoms with Crippen molar-refractivity contribution in [3.8, 4) is 11.5 Å². The number of nitrogens with zero attached hydrogens (tertiary/aromatic N) is 2. The second-order valence-corrected chi connectivity index (χ2v) is 4.90. The monoisotopic (exact) mass is 310 g/mol. The fourth-order valence-corrected chi connectivity index (χ4v) is 2.25. The molecule has 0 N–H and O–H groups in total. The minimum absolute atomic E-state index is 0.371. The average Bonchev–Trinajstić information content (AvgIpc) is 2.80. The molecule has 0 fully saturated rings. The Bertz CT molecular complexity index is 789. The minimum atomic E-state index is -4.42. The van der Waals surface area contributed by atoms with E-state index in [1.165, 1.54) is 12.3 Å². The first-order valence-electron chi connectivity index (χ1n) is 6.04. The summed E-state index contributed by atoms with van der Waals surface area (Å²) in [7, 11) is 0. The molecule has 0 spiro atoms. The van der Waals surface area contributed by atoms with Crippen molar-refractivity contribution in [2.24, 2.45) is 0 Å². The van der Waals surface area contributed by atoms with Crippen LogP contribution >= 0.6 is 12.2 Å². The molecule has 1 aromatic rings. The van der Waals surface area contributed by atoms with Crippen molar-refractivity contribution >= 4 is 12.2 Å². The highest BCUT2D eigenvalue weighted by molar-refractivity contribution is 7.71. The summed E-state index contributed by atoms with van der Waals surface area (Å²) in [5, 5.41) is 0. The number of rotatable bonds is 2. The smallest absolute Gasteiger partial charge is 0.433 e. The van der Waals surface area contributed by atoms with Crippen molar-refractivity contribution in [3.05, 3.63) is 58.7 Å². The molecule has 0 radical (unpaired) electrons. The molecule has 2 aliphatic heterocycles. The fraction of sp³-hybridized carbons (Fsp3) is 0.143. The van der Waals surface area contributed by atoms with Crippen LogP contribution in [0, 0.1) is 4.71 Å². The van der Waals surface area contributed by atoms with E-state index in [0.29, 0.717) is 22.6 Å². The summed E-state index contributed by atoms with van der Waals surface area (Å²) in [4.78, 5) is 3.45. The van der Waals surface area contributed by atoms with Crippen LogP contribution in [0.2, 0.25) is 0 Å². The van der Waals surface area contributed by atoms with Crippen molar-refractivity contribution in [1.82, 2.24) is 9.55 Å². The number of aromatic nitrogens is 2. The first kappa shape index (κ1) is 13.8. The van der Waals surface area contributed by atoms with Gasteiger partial charge in [0.05, 0.1) is 5.69 Å². The maximum atomic E-state index is 12.5. The minimum Gasteiger partial charge on any atom is -0.444 e. The normalized spacial score (nSPS) is 12.0. The first-order chi connectivity index (χ1) is 9.93. The van der Waals surface area contributed by atoms with Gasteiger partial charge < -0.3 is 8.98 Å². The highest BCUT2D eigenvalue weighted by Crippen LogP contribution is 2.28. The number of halogens is 3. The summed E-state index contributed by atoms with van der Waals surface area (Å²) in [5.74, 6) is 0.641. The molecule has 0 bridgehead atoms. The van der Waals surface area contributed by atoms with Crippen LogP contribution in [0.5, 0.6) is 0 Å². The fourth-order valence-electron chi connectivity index (χ4n) is 2.05. The van der Waals surface area contributed by atoms with E-state index in [4.69, 9.17) is 16.6 Å². The Hall–Kier alpha value is -2.15. The molecule has 2 aliphatic rings. The van der Waals surface area contributed by atoms with Crippen LogP contribution in [0.1, 0.15) is 11.3 Å². The van der Waals surface area contributed by atoms with Gasteiger partial charge in [0.25, 0.3) is 0 Å². The van der Waals surface area contributed by atoms with E-state index < -0.39 is 11.9 Å². The third-order valence-corrected chi connectivity index (χ3v) is 3.21. The molecule has 0 unspecified atom stereocenters. The number of alkyl halides is 3. The van der Waals surface area contributed by atoms with Gasteiger partial charge >= 0.3 is 6.18 Å². The number of hydrogen-bond donors (Lipinski definition) is 0. The average molecular weight is 310 g/mol. The van der Waals surface area contributed by atoms with E-state index in [0.717, 1.165) is 11.8 Å². The van der Waals surface area contributed by atoms with Gasteiger partial charge in [0.1, 0.15) is 5.69 Å². The van der Waals surface area contributed by atoms with E-state index in [2.05, 4.69) is 4.98 Å². The van der Waals surface area contributed by atoms with Gasteiger partial charge in [0, 0.05) is 25.0 Å². The second kappa shape index (κ2) is 5.00. The number of furan rings is 1. The Labute approximate surface area is 123 Å². The Kier molecular flexibility index (Phi) is 3.29. The molecule has 0 saturated carbocycles. The topological polar surface area (TPSA) is 31.0 Å². The van der Waals surface area contributed by atoms with Crippen molar-refractivity contribution in [3.63, 3.8) is 0 Å². The van der Waals surface area contributed by atoms with Crippen molar-refractivity contribution in [2.45, 2.75) is 12.7 Å². The van der Waals surface area contributed by atoms with E-state index >= 15 is 0 Å². The molecule has 3 heterocycles. The van der Waals surface area contributed by atoms with Gasteiger partial charge in [-0.3, -0.25) is 4.98 Å². The maximum Gasteiger partial charge on any atom is 0.433 e. The lowest BCUT2D eigenvalue weighted by Gasteiger charge is -2.11. The Morgan fingerprint density at radius 2 is 2.05 bits per heavy atom. The second-order valence-electron chi connectivity index (χ2n) is 4.50. The van der Waals surface area contributed by atoms with Crippen molar-refractivity contribution < 1.29 is 17.6 Å². The van der Waals surface area contributed by atoms with E-state index in [1.807, 2.05) is 10.8 Å². The summed E-state index contributed by atoms with van der Waals surface area (Å²) in [6.07, 6.45) is -1.39. The Morgan fingerprint density at radius 1 is 1.24 bits per heavy atom. The third kappa shape index (κ3) is 2.82. The zero-order chi connectivity index (χ0) is 15.0. The Morgan fingerprint density at radius 3 is 2.71 bits per heavy atom. The molecule has 0 saturated heterocycles. The molecule has 0 aromatic carbocycles. The van der Waals surface area contributed by atoms with Crippen molar-refractivity contribution in [2.75, 3.05) is 0 Å². The molecule has 3 rings (SSSR count). The predicted octanol–water partition coefficient (Wildman–Crippen LogP) is 4.38. The molecule has 108 valence electrons. The van der Waals surface area contributed by atoms with Crippen molar-refractivity contribution in [1.29, 1.82) is 0 Å². The van der Waals surface area contributed by atoms with Gasteiger partial charge in [-0.1, -0.05) is 6.07 Å². The summed E-state index contributed by atoms with van der Waals surface area (Å²) in [6, 6.07) is 7.67. The summed E-state index contributed by atoms with van der Waals surface area (Å²) in [6.45, 7) is 0.386. The highest BCUT2D eigenvalue weighted by atomic mass is 32.1. The van der Waals surface area contributed by atoms with Crippen LogP contribution in [0.3, 0.4) is 0 Å². The lowest BCUT2D eigenvalue weighted by Crippen LogP contribution is -2.09. The van der Waals surface area contributed by atoms with Crippen LogP contribution in [0.25, 0.3) is 11.5 Å². The largest absolute Gasteiger partial charge is 0.444 e. The summed E-state index contributed by atoms with van der Waals surface area (Å²) >= 11 is 4.98. The summed E-state index contributed by atoms with van der Waals surface area (Å²) in [5.41, 5.74) is 0.556. The van der Waals surface area contributed by atoms with E-state index in [1.54, 1.807) is 18.2 Å². The van der Waals surface area contributed by atoms with Gasteiger partial charge in [-0.25, -0.2) is 0 Å². The zero-order valence-electron chi connectivity index (χ0n) is 10.6. The molecule has 0 aliphatic carbocycles. The quantitative estimate of drug-likeness (QED) is 0.658. The first-order valence-corrected chi connectivity index (χ1v) is 6.45. The lowest BCUT2D eigenvalue weighted by atomic mass is 10.2. The molecule has 0 amide bonds. The Balaban J connectivity index is 1.91.